The van der Waals surface area contributed by atoms with E-state index in [0.29, 0.717) is 25.5 Å². The number of aromatic nitrogens is 6. The van der Waals surface area contributed by atoms with Crippen molar-refractivity contribution in [3.8, 4) is 11.1 Å². The molecular weight excluding hydrogens is 466 g/mol. The van der Waals surface area contributed by atoms with E-state index in [2.05, 4.69) is 39.3 Å². The number of carbonyl (C=O) groups excluding carboxylic acids is 1. The van der Waals surface area contributed by atoms with E-state index in [-0.39, 0.29) is 11.9 Å². The minimum Gasteiger partial charge on any atom is -0.382 e. The van der Waals surface area contributed by atoms with E-state index in [1.807, 2.05) is 38.5 Å². The Kier molecular flexibility index (Phi) is 5.71. The first kappa shape index (κ1) is 23.0. The van der Waals surface area contributed by atoms with Gasteiger partial charge in [0, 0.05) is 62.1 Å². The van der Waals surface area contributed by atoms with Gasteiger partial charge < -0.3 is 15.5 Å². The molecule has 2 N–H and O–H groups in total. The minimum absolute atomic E-state index is 0.0570. The molecule has 188 valence electrons. The van der Waals surface area contributed by atoms with Gasteiger partial charge in [0.25, 0.3) is 0 Å². The molecule has 10 heteroatoms. The number of hydrogen-bond acceptors (Lipinski definition) is 6. The largest absolute Gasteiger partial charge is 0.382 e. The van der Waals surface area contributed by atoms with Crippen LogP contribution < -0.4 is 5.73 Å². The van der Waals surface area contributed by atoms with E-state index in [1.54, 1.807) is 25.2 Å². The molecule has 1 aliphatic heterocycles. The molecule has 37 heavy (non-hydrogen) atoms. The van der Waals surface area contributed by atoms with Gasteiger partial charge in [-0.15, -0.1) is 0 Å². The summed E-state index contributed by atoms with van der Waals surface area (Å²) in [6.07, 6.45) is 7.07. The van der Waals surface area contributed by atoms with E-state index in [9.17, 15) is 4.79 Å². The fraction of sp³-hybridized carbons (Fsp3) is 0.296. The number of anilines is 1. The number of benzene rings is 1. The van der Waals surface area contributed by atoms with Crippen LogP contribution in [0, 0.1) is 0 Å². The highest BCUT2D eigenvalue weighted by Crippen LogP contribution is 2.37. The van der Waals surface area contributed by atoms with Crippen LogP contribution in [0.3, 0.4) is 0 Å². The Balaban J connectivity index is 1.34. The van der Waals surface area contributed by atoms with Crippen LogP contribution in [0.5, 0.6) is 0 Å². The summed E-state index contributed by atoms with van der Waals surface area (Å²) in [7, 11) is 3.58. The molecule has 4 aromatic heterocycles. The van der Waals surface area contributed by atoms with Crippen LogP contribution in [0.25, 0.3) is 27.5 Å². The normalized spacial score (nSPS) is 14.5. The first-order valence-corrected chi connectivity index (χ1v) is 12.4. The predicted octanol–water partition coefficient (Wildman–Crippen LogP) is 3.63. The molecule has 10 nitrogen and oxygen atoms in total. The number of likely N-dealkylation sites (tertiary alicyclic amines) is 1. The quantitative estimate of drug-likeness (QED) is 0.408. The third-order valence-corrected chi connectivity index (χ3v) is 7.09. The van der Waals surface area contributed by atoms with Gasteiger partial charge in [-0.05, 0) is 42.7 Å². The fourth-order valence-corrected chi connectivity index (χ4v) is 5.23. The van der Waals surface area contributed by atoms with Crippen LogP contribution in [-0.4, -0.2) is 72.4 Å². The average molecular weight is 496 g/mol. The van der Waals surface area contributed by atoms with Crippen molar-refractivity contribution in [2.24, 2.45) is 0 Å². The van der Waals surface area contributed by atoms with Crippen molar-refractivity contribution in [1.29, 1.82) is 0 Å². The number of pyridine rings is 1. The van der Waals surface area contributed by atoms with E-state index in [4.69, 9.17) is 10.8 Å². The van der Waals surface area contributed by atoms with Gasteiger partial charge >= 0.3 is 6.03 Å². The van der Waals surface area contributed by atoms with Crippen LogP contribution >= 0.6 is 0 Å². The summed E-state index contributed by atoms with van der Waals surface area (Å²) in [6, 6.07) is 14.4. The molecule has 0 aliphatic carbocycles. The van der Waals surface area contributed by atoms with Gasteiger partial charge in [-0.3, -0.25) is 9.67 Å². The van der Waals surface area contributed by atoms with Crippen LogP contribution in [-0.2, 0) is 6.54 Å². The van der Waals surface area contributed by atoms with E-state index in [1.165, 1.54) is 6.33 Å². The summed E-state index contributed by atoms with van der Waals surface area (Å²) >= 11 is 0. The molecule has 0 saturated carbocycles. The molecule has 0 unspecified atom stereocenters. The highest BCUT2D eigenvalue weighted by atomic mass is 16.2. The first-order valence-electron chi connectivity index (χ1n) is 12.4. The number of nitrogens with two attached hydrogens (primary N) is 1. The number of hydrogen-bond donors (Lipinski definition) is 1. The number of urea groups is 1. The van der Waals surface area contributed by atoms with Crippen LogP contribution in [0.4, 0.5) is 10.6 Å². The zero-order valence-corrected chi connectivity index (χ0v) is 20.9. The number of piperidine rings is 1. The molecule has 5 heterocycles. The molecule has 0 atom stereocenters. The maximum atomic E-state index is 12.4. The number of fused-ring (bicyclic) bond motifs is 2. The third-order valence-electron chi connectivity index (χ3n) is 7.09. The van der Waals surface area contributed by atoms with Gasteiger partial charge in [0.1, 0.15) is 11.8 Å². The second-order valence-electron chi connectivity index (χ2n) is 9.75. The second-order valence-corrected chi connectivity index (χ2v) is 9.75. The summed E-state index contributed by atoms with van der Waals surface area (Å²) in [5.74, 6) is 0.709. The van der Waals surface area contributed by atoms with Crippen molar-refractivity contribution in [3.63, 3.8) is 0 Å². The maximum Gasteiger partial charge on any atom is 0.319 e. The first-order chi connectivity index (χ1) is 18.0. The summed E-state index contributed by atoms with van der Waals surface area (Å²) in [6.45, 7) is 2.04. The standard InChI is InChI=1S/C27H29N9O/c1-33(2)27(37)34-11-8-18(9-12-34)24-14-22(25-26(28)30-17-31-36(24)25)19-6-7-20-15-35(32-23(20)13-19)16-21-5-3-4-10-29-21/h3-7,10,13-15,17-18H,8-9,11-12,16H2,1-2H3,(H2,28,30,31). The molecule has 0 spiro atoms. The Morgan fingerprint density at radius 2 is 1.95 bits per heavy atom. The number of nitrogens with zero attached hydrogens (tertiary/aromatic N) is 8. The zero-order valence-electron chi connectivity index (χ0n) is 20.9. The highest BCUT2D eigenvalue weighted by molar-refractivity contribution is 5.92. The van der Waals surface area contributed by atoms with Gasteiger partial charge in [-0.2, -0.15) is 10.2 Å². The number of rotatable bonds is 4. The fourth-order valence-electron chi connectivity index (χ4n) is 5.23. The summed E-state index contributed by atoms with van der Waals surface area (Å²) in [5.41, 5.74) is 12.1. The molecule has 2 amide bonds. The van der Waals surface area contributed by atoms with Gasteiger partial charge in [-0.25, -0.2) is 14.3 Å². The Morgan fingerprint density at radius 1 is 1.11 bits per heavy atom. The minimum atomic E-state index is 0.0570. The van der Waals surface area contributed by atoms with Crippen molar-refractivity contribution in [2.45, 2.75) is 25.3 Å². The lowest BCUT2D eigenvalue weighted by Gasteiger charge is -2.33. The lowest BCUT2D eigenvalue weighted by Crippen LogP contribution is -2.43. The lowest BCUT2D eigenvalue weighted by molar-refractivity contribution is 0.156. The van der Waals surface area contributed by atoms with Crippen molar-refractivity contribution in [1.82, 2.24) is 39.2 Å². The van der Waals surface area contributed by atoms with Gasteiger partial charge in [0.15, 0.2) is 5.82 Å². The Labute approximate surface area is 214 Å². The summed E-state index contributed by atoms with van der Waals surface area (Å²) < 4.78 is 3.84. The third kappa shape index (κ3) is 4.24. The molecule has 0 radical (unpaired) electrons. The van der Waals surface area contributed by atoms with Gasteiger partial charge in [-0.1, -0.05) is 18.2 Å². The second kappa shape index (κ2) is 9.20. The van der Waals surface area contributed by atoms with Crippen LogP contribution in [0.15, 0.2) is 61.2 Å². The van der Waals surface area contributed by atoms with Crippen molar-refractivity contribution in [2.75, 3.05) is 32.9 Å². The maximum absolute atomic E-state index is 12.4. The number of carbonyl (C=O) groups is 1. The average Bonchev–Trinajstić information content (AvgIpc) is 3.50. The Bertz CT molecular complexity index is 1580. The molecule has 1 fully saturated rings. The van der Waals surface area contributed by atoms with E-state index >= 15 is 0 Å². The number of nitrogen functional groups attached to an aromatic ring is 1. The molecule has 1 saturated heterocycles. The predicted molar refractivity (Wildman–Crippen MR) is 142 cm³/mol. The molecule has 1 aliphatic rings. The molecule has 1 aromatic carbocycles. The molecule has 5 aromatic rings. The van der Waals surface area contributed by atoms with Crippen LogP contribution in [0.1, 0.15) is 30.1 Å². The SMILES string of the molecule is CN(C)C(=O)N1CCC(c2cc(-c3ccc4cn(Cc5ccccn5)nc4c3)c3c(N)ncnn23)CC1. The molecule has 0 bridgehead atoms. The summed E-state index contributed by atoms with van der Waals surface area (Å²) in [4.78, 5) is 24.6. The topological polar surface area (TPSA) is 110 Å². The zero-order chi connectivity index (χ0) is 25.5. The van der Waals surface area contributed by atoms with Crippen LogP contribution in [0.2, 0.25) is 0 Å². The highest BCUT2D eigenvalue weighted by Gasteiger charge is 2.28. The number of amides is 2. The monoisotopic (exact) mass is 495 g/mol. The van der Waals surface area contributed by atoms with Gasteiger partial charge in [0.05, 0.1) is 17.8 Å². The van der Waals surface area contributed by atoms with Crippen molar-refractivity contribution >= 4 is 28.3 Å². The van der Waals surface area contributed by atoms with Crippen molar-refractivity contribution < 1.29 is 4.79 Å². The van der Waals surface area contributed by atoms with Crippen molar-refractivity contribution in [3.05, 3.63) is 72.6 Å². The smallest absolute Gasteiger partial charge is 0.319 e. The molecular formula is C27H29N9O. The Hall–Kier alpha value is -4.47. The lowest BCUT2D eigenvalue weighted by atomic mass is 9.93. The van der Waals surface area contributed by atoms with Gasteiger partial charge in [0.2, 0.25) is 0 Å². The molecule has 6 rings (SSSR count). The Morgan fingerprint density at radius 3 is 2.70 bits per heavy atom. The van der Waals surface area contributed by atoms with E-state index in [0.717, 1.165) is 51.8 Å². The van der Waals surface area contributed by atoms with E-state index < -0.39 is 0 Å². The summed E-state index contributed by atoms with van der Waals surface area (Å²) in [5, 5.41) is 10.4.